The van der Waals surface area contributed by atoms with Crippen LogP contribution in [0.15, 0.2) is 24.3 Å². The number of para-hydroxylation sites is 1. The molecule has 4 aliphatic carbocycles. The molecular formula is C18H23N2S+. The zero-order valence-electron chi connectivity index (χ0n) is 12.4. The molecular weight excluding hydrogens is 276 g/mol. The summed E-state index contributed by atoms with van der Waals surface area (Å²) in [7, 11) is 0. The van der Waals surface area contributed by atoms with E-state index in [2.05, 4.69) is 29.6 Å². The molecule has 110 valence electrons. The van der Waals surface area contributed by atoms with E-state index in [0.29, 0.717) is 5.54 Å². The number of benzene rings is 1. The van der Waals surface area contributed by atoms with E-state index < -0.39 is 0 Å². The Bertz CT molecular complexity index is 606. The zero-order valence-corrected chi connectivity index (χ0v) is 13.2. The molecule has 3 heteroatoms. The fraction of sp³-hybridized carbons (Fsp3) is 0.611. The maximum atomic E-state index is 4.82. The van der Waals surface area contributed by atoms with Crippen LogP contribution in [0.5, 0.6) is 0 Å². The van der Waals surface area contributed by atoms with Crippen molar-refractivity contribution in [3.8, 4) is 0 Å². The van der Waals surface area contributed by atoms with Gasteiger partial charge in [0.15, 0.2) is 0 Å². The Morgan fingerprint density at radius 1 is 1.05 bits per heavy atom. The fourth-order valence-corrected chi connectivity index (χ4v) is 6.67. The van der Waals surface area contributed by atoms with Crippen molar-refractivity contribution in [2.24, 2.45) is 17.8 Å². The highest BCUT2D eigenvalue weighted by Crippen LogP contribution is 2.54. The molecule has 0 unspecified atom stereocenters. The van der Waals surface area contributed by atoms with Crippen LogP contribution in [0, 0.1) is 17.8 Å². The summed E-state index contributed by atoms with van der Waals surface area (Å²) < 4.78 is 1.34. The van der Waals surface area contributed by atoms with Gasteiger partial charge in [-0.1, -0.05) is 12.1 Å². The summed E-state index contributed by atoms with van der Waals surface area (Å²) in [6, 6.07) is 8.54. The van der Waals surface area contributed by atoms with Gasteiger partial charge in [0.25, 0.3) is 0 Å². The van der Waals surface area contributed by atoms with Gasteiger partial charge in [-0.15, -0.1) is 11.3 Å². The van der Waals surface area contributed by atoms with Gasteiger partial charge >= 0.3 is 0 Å². The number of nitrogens with zero attached hydrogens (tertiary/aromatic N) is 1. The van der Waals surface area contributed by atoms with E-state index in [9.17, 15) is 0 Å². The maximum absolute atomic E-state index is 4.82. The number of nitrogens with two attached hydrogens (primary N) is 1. The van der Waals surface area contributed by atoms with Crippen molar-refractivity contribution < 1.29 is 5.32 Å². The summed E-state index contributed by atoms with van der Waals surface area (Å²) in [5, 5.41) is 3.99. The van der Waals surface area contributed by atoms with Gasteiger partial charge in [-0.2, -0.15) is 0 Å². The smallest absolute Gasteiger partial charge is 0.148 e. The van der Waals surface area contributed by atoms with Crippen LogP contribution < -0.4 is 5.32 Å². The predicted octanol–water partition coefficient (Wildman–Crippen LogP) is 3.33. The maximum Gasteiger partial charge on any atom is 0.148 e. The number of fused-ring (bicyclic) bond motifs is 1. The molecule has 6 rings (SSSR count). The Labute approximate surface area is 130 Å². The number of hydrogen-bond acceptors (Lipinski definition) is 2. The van der Waals surface area contributed by atoms with Crippen LogP contribution in [-0.4, -0.2) is 10.5 Å². The molecule has 4 bridgehead atoms. The van der Waals surface area contributed by atoms with Gasteiger partial charge in [-0.25, -0.2) is 4.98 Å². The molecule has 0 atom stereocenters. The molecule has 2 N–H and O–H groups in total. The van der Waals surface area contributed by atoms with E-state index in [1.165, 1.54) is 53.7 Å². The largest absolute Gasteiger partial charge is 0.336 e. The van der Waals surface area contributed by atoms with E-state index in [1.54, 1.807) is 0 Å². The number of aromatic nitrogens is 1. The van der Waals surface area contributed by atoms with Crippen LogP contribution in [0.4, 0.5) is 0 Å². The topological polar surface area (TPSA) is 29.5 Å². The lowest BCUT2D eigenvalue weighted by atomic mass is 9.53. The Morgan fingerprint density at radius 2 is 1.71 bits per heavy atom. The highest BCUT2D eigenvalue weighted by molar-refractivity contribution is 7.18. The molecule has 0 amide bonds. The Balaban J connectivity index is 1.35. The predicted molar refractivity (Wildman–Crippen MR) is 86.2 cm³/mol. The van der Waals surface area contributed by atoms with Crippen molar-refractivity contribution in [2.45, 2.75) is 50.6 Å². The minimum Gasteiger partial charge on any atom is -0.336 e. The van der Waals surface area contributed by atoms with Crippen LogP contribution >= 0.6 is 11.3 Å². The third kappa shape index (κ3) is 2.13. The van der Waals surface area contributed by atoms with Crippen LogP contribution in [0.25, 0.3) is 10.2 Å². The molecule has 4 fully saturated rings. The zero-order chi connectivity index (χ0) is 13.9. The highest BCUT2D eigenvalue weighted by atomic mass is 32.1. The molecule has 0 radical (unpaired) electrons. The molecule has 2 aromatic rings. The first-order valence-corrected chi connectivity index (χ1v) is 9.28. The van der Waals surface area contributed by atoms with Gasteiger partial charge in [0.05, 0.1) is 15.8 Å². The first-order chi connectivity index (χ1) is 10.3. The van der Waals surface area contributed by atoms with Crippen molar-refractivity contribution >= 4 is 21.6 Å². The minimum absolute atomic E-state index is 0.576. The first-order valence-electron chi connectivity index (χ1n) is 8.47. The third-order valence-electron chi connectivity index (χ3n) is 6.13. The minimum atomic E-state index is 0.576. The molecule has 4 saturated carbocycles. The van der Waals surface area contributed by atoms with Gasteiger partial charge in [0.1, 0.15) is 11.6 Å². The van der Waals surface area contributed by atoms with Crippen LogP contribution in [0.2, 0.25) is 0 Å². The highest BCUT2D eigenvalue weighted by Gasteiger charge is 2.53. The molecule has 0 spiro atoms. The van der Waals surface area contributed by atoms with E-state index in [-0.39, 0.29) is 0 Å². The van der Waals surface area contributed by atoms with Gasteiger partial charge in [0.2, 0.25) is 0 Å². The second kappa shape index (κ2) is 4.53. The number of rotatable bonds is 3. The van der Waals surface area contributed by atoms with Crippen LogP contribution in [0.1, 0.15) is 43.5 Å². The van der Waals surface area contributed by atoms with E-state index in [1.807, 2.05) is 11.3 Å². The number of thiazole rings is 1. The van der Waals surface area contributed by atoms with E-state index in [4.69, 9.17) is 4.98 Å². The molecule has 2 nitrogen and oxygen atoms in total. The van der Waals surface area contributed by atoms with Crippen molar-refractivity contribution in [1.82, 2.24) is 4.98 Å². The van der Waals surface area contributed by atoms with Crippen molar-refractivity contribution in [1.29, 1.82) is 0 Å². The Hall–Kier alpha value is -0.930. The standard InChI is InChI=1S/C18H22N2S/c1-2-4-16-15(3-1)20-17(21-16)11-19-18-8-12-5-13(9-18)7-14(6-12)10-18/h1-4,12-14,19H,5-11H2/p+1. The summed E-state index contributed by atoms with van der Waals surface area (Å²) in [4.78, 5) is 4.82. The SMILES string of the molecule is c1ccc2sc(C[NH2+]C34CC5CC(CC(C5)C3)C4)nc2c1. The van der Waals surface area contributed by atoms with E-state index >= 15 is 0 Å². The van der Waals surface area contributed by atoms with Crippen LogP contribution in [0.3, 0.4) is 0 Å². The second-order valence-electron chi connectivity index (χ2n) is 7.76. The molecule has 0 aliphatic heterocycles. The number of hydrogen-bond donors (Lipinski definition) is 1. The molecule has 4 aliphatic rings. The third-order valence-corrected chi connectivity index (χ3v) is 7.19. The summed E-state index contributed by atoms with van der Waals surface area (Å²) in [5.74, 6) is 3.13. The van der Waals surface area contributed by atoms with Gasteiger partial charge in [-0.3, -0.25) is 0 Å². The lowest BCUT2D eigenvalue weighted by Crippen LogP contribution is -2.97. The lowest BCUT2D eigenvalue weighted by molar-refractivity contribution is -0.752. The first kappa shape index (κ1) is 12.6. The fourth-order valence-electron chi connectivity index (χ4n) is 5.74. The van der Waals surface area contributed by atoms with Crippen molar-refractivity contribution in [3.05, 3.63) is 29.3 Å². The van der Waals surface area contributed by atoms with Crippen molar-refractivity contribution in [3.63, 3.8) is 0 Å². The summed E-state index contributed by atoms with van der Waals surface area (Å²) in [6.45, 7) is 1.09. The lowest BCUT2D eigenvalue weighted by Gasteiger charge is -2.54. The average molecular weight is 299 g/mol. The van der Waals surface area contributed by atoms with Crippen molar-refractivity contribution in [2.75, 3.05) is 0 Å². The summed E-state index contributed by atoms with van der Waals surface area (Å²) in [5.41, 5.74) is 1.75. The molecule has 1 aromatic carbocycles. The quantitative estimate of drug-likeness (QED) is 0.925. The van der Waals surface area contributed by atoms with Gasteiger partial charge in [-0.05, 0) is 49.1 Å². The average Bonchev–Trinajstić information content (AvgIpc) is 2.87. The van der Waals surface area contributed by atoms with Crippen LogP contribution in [-0.2, 0) is 6.54 Å². The van der Waals surface area contributed by atoms with Gasteiger partial charge in [0, 0.05) is 19.3 Å². The summed E-state index contributed by atoms with van der Waals surface area (Å²) in [6.07, 6.45) is 9.04. The summed E-state index contributed by atoms with van der Waals surface area (Å²) >= 11 is 1.88. The van der Waals surface area contributed by atoms with E-state index in [0.717, 1.165) is 24.3 Å². The molecule has 1 aromatic heterocycles. The molecule has 0 saturated heterocycles. The van der Waals surface area contributed by atoms with Gasteiger partial charge < -0.3 is 5.32 Å². The molecule has 1 heterocycles. The Morgan fingerprint density at radius 3 is 2.38 bits per heavy atom. The number of quaternary nitrogens is 1. The Kier molecular flexibility index (Phi) is 2.72. The monoisotopic (exact) mass is 299 g/mol. The second-order valence-corrected chi connectivity index (χ2v) is 8.88. The normalized spacial score (nSPS) is 37.4. The molecule has 21 heavy (non-hydrogen) atoms.